The van der Waals surface area contributed by atoms with Crippen LogP contribution in [-0.2, 0) is 6.18 Å². The lowest BCUT2D eigenvalue weighted by Crippen LogP contribution is -2.14. The first-order valence-electron chi connectivity index (χ1n) is 7.79. The van der Waals surface area contributed by atoms with E-state index in [-0.39, 0.29) is 17.1 Å². The number of amides is 1. The third kappa shape index (κ3) is 4.60. The average Bonchev–Trinajstić information content (AvgIpc) is 2.63. The smallest absolute Gasteiger partial charge is 0.353 e. The van der Waals surface area contributed by atoms with E-state index >= 15 is 0 Å². The highest BCUT2D eigenvalue weighted by atomic mass is 19.4. The zero-order valence-electron chi connectivity index (χ0n) is 13.7. The third-order valence-electron chi connectivity index (χ3n) is 3.62. The number of nitrogens with zero attached hydrogens (tertiary/aromatic N) is 1. The Morgan fingerprint density at radius 3 is 2.30 bits per heavy atom. The van der Waals surface area contributed by atoms with E-state index in [1.165, 1.54) is 24.4 Å². The molecule has 0 unspecified atom stereocenters. The summed E-state index contributed by atoms with van der Waals surface area (Å²) in [6, 6.07) is 13.1. The van der Waals surface area contributed by atoms with Crippen molar-refractivity contribution in [2.75, 3.05) is 10.6 Å². The molecule has 27 heavy (non-hydrogen) atoms. The van der Waals surface area contributed by atoms with E-state index in [0.29, 0.717) is 5.69 Å². The molecule has 0 aliphatic rings. The molecule has 0 bridgehead atoms. The molecular weight excluding hydrogens is 362 g/mol. The number of hydrogen-bond acceptors (Lipinski definition) is 3. The molecule has 4 nitrogen and oxygen atoms in total. The van der Waals surface area contributed by atoms with Crippen LogP contribution >= 0.6 is 0 Å². The van der Waals surface area contributed by atoms with Gasteiger partial charge in [0.05, 0.1) is 11.3 Å². The summed E-state index contributed by atoms with van der Waals surface area (Å²) in [4.78, 5) is 16.2. The van der Waals surface area contributed by atoms with E-state index in [4.69, 9.17) is 0 Å². The van der Waals surface area contributed by atoms with E-state index < -0.39 is 23.5 Å². The molecule has 8 heteroatoms. The summed E-state index contributed by atoms with van der Waals surface area (Å²) in [5.41, 5.74) is 0.0821. The van der Waals surface area contributed by atoms with Gasteiger partial charge in [-0.2, -0.15) is 13.2 Å². The molecule has 2 aromatic carbocycles. The highest BCUT2D eigenvalue weighted by molar-refractivity contribution is 6.03. The number of hydrogen-bond donors (Lipinski definition) is 2. The number of rotatable bonds is 4. The molecule has 0 fully saturated rings. The van der Waals surface area contributed by atoms with E-state index in [9.17, 15) is 22.4 Å². The molecule has 3 rings (SSSR count). The zero-order valence-corrected chi connectivity index (χ0v) is 13.7. The van der Waals surface area contributed by atoms with Crippen LogP contribution < -0.4 is 10.6 Å². The lowest BCUT2D eigenvalue weighted by Gasteiger charge is -2.10. The summed E-state index contributed by atoms with van der Waals surface area (Å²) in [7, 11) is 0. The van der Waals surface area contributed by atoms with E-state index in [1.807, 2.05) is 0 Å². The van der Waals surface area contributed by atoms with Crippen molar-refractivity contribution in [2.45, 2.75) is 6.18 Å². The van der Waals surface area contributed by atoms with Crippen LogP contribution in [-0.4, -0.2) is 10.9 Å². The average molecular weight is 375 g/mol. The van der Waals surface area contributed by atoms with Crippen molar-refractivity contribution in [2.24, 2.45) is 0 Å². The summed E-state index contributed by atoms with van der Waals surface area (Å²) in [5.74, 6) is -1.06. The van der Waals surface area contributed by atoms with Crippen LogP contribution in [0.4, 0.5) is 34.6 Å². The normalized spacial score (nSPS) is 11.1. The Morgan fingerprint density at radius 1 is 0.926 bits per heavy atom. The number of carbonyl (C=O) groups is 1. The molecule has 0 saturated carbocycles. The van der Waals surface area contributed by atoms with Crippen molar-refractivity contribution >= 4 is 23.0 Å². The molecule has 0 atom stereocenters. The van der Waals surface area contributed by atoms with E-state index in [0.717, 1.165) is 24.3 Å². The van der Waals surface area contributed by atoms with Gasteiger partial charge in [0.1, 0.15) is 11.5 Å². The Morgan fingerprint density at radius 2 is 1.63 bits per heavy atom. The number of benzene rings is 2. The number of nitrogens with one attached hydrogen (secondary N) is 2. The highest BCUT2D eigenvalue weighted by Crippen LogP contribution is 2.30. The summed E-state index contributed by atoms with van der Waals surface area (Å²) in [6.07, 6.45) is -3.08. The second kappa shape index (κ2) is 7.45. The van der Waals surface area contributed by atoms with Gasteiger partial charge in [0.15, 0.2) is 0 Å². The second-order valence-electron chi connectivity index (χ2n) is 5.56. The van der Waals surface area contributed by atoms with Gasteiger partial charge in [-0.15, -0.1) is 0 Å². The van der Waals surface area contributed by atoms with Crippen molar-refractivity contribution in [3.8, 4) is 0 Å². The minimum absolute atomic E-state index is 0.0243. The number of para-hydroxylation sites is 1. The van der Waals surface area contributed by atoms with Crippen LogP contribution in [0.15, 0.2) is 66.9 Å². The first-order chi connectivity index (χ1) is 12.8. The molecule has 138 valence electrons. The summed E-state index contributed by atoms with van der Waals surface area (Å²) in [6.45, 7) is 0. The van der Waals surface area contributed by atoms with Crippen molar-refractivity contribution in [3.63, 3.8) is 0 Å². The van der Waals surface area contributed by atoms with Crippen LogP contribution in [0.3, 0.4) is 0 Å². The largest absolute Gasteiger partial charge is 0.416 e. The highest BCUT2D eigenvalue weighted by Gasteiger charge is 2.30. The molecule has 0 aliphatic carbocycles. The minimum atomic E-state index is -4.45. The minimum Gasteiger partial charge on any atom is -0.353 e. The molecule has 0 aliphatic heterocycles. The number of anilines is 3. The van der Waals surface area contributed by atoms with Gasteiger partial charge in [0, 0.05) is 17.6 Å². The fourth-order valence-electron chi connectivity index (χ4n) is 2.29. The summed E-state index contributed by atoms with van der Waals surface area (Å²) in [5, 5.41) is 5.30. The standard InChI is InChI=1S/C19H13F4N3O/c20-15-3-1-2-4-16(15)25-14-9-10-24-17(11-14)18(27)26-13-7-5-12(6-8-13)19(21,22)23/h1-11H,(H,24,25)(H,26,27). The Bertz CT molecular complexity index is 956. The monoisotopic (exact) mass is 375 g/mol. The van der Waals surface area contributed by atoms with Crippen molar-refractivity contribution in [1.29, 1.82) is 0 Å². The van der Waals surface area contributed by atoms with Gasteiger partial charge in [-0.25, -0.2) is 4.39 Å². The maximum absolute atomic E-state index is 13.7. The number of halogens is 4. The molecule has 1 aromatic heterocycles. The predicted octanol–water partition coefficient (Wildman–Crippen LogP) is 5.24. The number of alkyl halides is 3. The van der Waals surface area contributed by atoms with Gasteiger partial charge in [-0.3, -0.25) is 9.78 Å². The number of aromatic nitrogens is 1. The summed E-state index contributed by atoms with van der Waals surface area (Å²) < 4.78 is 51.4. The molecule has 0 radical (unpaired) electrons. The van der Waals surface area contributed by atoms with Crippen molar-refractivity contribution < 1.29 is 22.4 Å². The molecule has 1 heterocycles. The van der Waals surface area contributed by atoms with Gasteiger partial charge in [0.2, 0.25) is 0 Å². The SMILES string of the molecule is O=C(Nc1ccc(C(F)(F)F)cc1)c1cc(Nc2ccccc2F)ccn1. The maximum atomic E-state index is 13.7. The van der Waals surface area contributed by atoms with Gasteiger partial charge in [-0.05, 0) is 48.5 Å². The maximum Gasteiger partial charge on any atom is 0.416 e. The first kappa shape index (κ1) is 18.4. The Hall–Kier alpha value is -3.42. The lowest BCUT2D eigenvalue weighted by atomic mass is 10.2. The molecule has 3 aromatic rings. The Kier molecular flexibility index (Phi) is 5.07. The Labute approximate surface area is 151 Å². The van der Waals surface area contributed by atoms with Gasteiger partial charge in [0.25, 0.3) is 5.91 Å². The third-order valence-corrected chi connectivity index (χ3v) is 3.62. The quantitative estimate of drug-likeness (QED) is 0.614. The number of carbonyl (C=O) groups excluding carboxylic acids is 1. The molecule has 1 amide bonds. The predicted molar refractivity (Wildman–Crippen MR) is 93.3 cm³/mol. The second-order valence-corrected chi connectivity index (χ2v) is 5.56. The fourth-order valence-corrected chi connectivity index (χ4v) is 2.29. The fraction of sp³-hybridized carbons (Fsp3) is 0.0526. The van der Waals surface area contributed by atoms with Gasteiger partial charge < -0.3 is 10.6 Å². The number of pyridine rings is 1. The van der Waals surface area contributed by atoms with Crippen LogP contribution in [0, 0.1) is 5.82 Å². The molecular formula is C19H13F4N3O. The topological polar surface area (TPSA) is 54.0 Å². The van der Waals surface area contributed by atoms with Gasteiger partial charge in [-0.1, -0.05) is 12.1 Å². The first-order valence-corrected chi connectivity index (χ1v) is 7.79. The van der Waals surface area contributed by atoms with E-state index in [1.54, 1.807) is 18.2 Å². The van der Waals surface area contributed by atoms with Gasteiger partial charge >= 0.3 is 6.18 Å². The van der Waals surface area contributed by atoms with Crippen molar-refractivity contribution in [1.82, 2.24) is 4.98 Å². The molecule has 0 saturated heterocycles. The van der Waals surface area contributed by atoms with Crippen LogP contribution in [0.2, 0.25) is 0 Å². The van der Waals surface area contributed by atoms with Crippen molar-refractivity contribution in [3.05, 3.63) is 83.9 Å². The van der Waals surface area contributed by atoms with E-state index in [2.05, 4.69) is 15.6 Å². The zero-order chi connectivity index (χ0) is 19.4. The van der Waals surface area contributed by atoms with Crippen LogP contribution in [0.25, 0.3) is 0 Å². The molecule has 2 N–H and O–H groups in total. The van der Waals surface area contributed by atoms with Crippen LogP contribution in [0.1, 0.15) is 16.1 Å². The Balaban J connectivity index is 1.73. The summed E-state index contributed by atoms with van der Waals surface area (Å²) >= 11 is 0. The molecule has 0 spiro atoms. The lowest BCUT2D eigenvalue weighted by molar-refractivity contribution is -0.137. The van der Waals surface area contributed by atoms with Crippen LogP contribution in [0.5, 0.6) is 0 Å².